The van der Waals surface area contributed by atoms with Crippen molar-refractivity contribution in [2.24, 2.45) is 10.9 Å². The van der Waals surface area contributed by atoms with Gasteiger partial charge in [-0.3, -0.25) is 4.99 Å². The zero-order valence-corrected chi connectivity index (χ0v) is 11.9. The summed E-state index contributed by atoms with van der Waals surface area (Å²) >= 11 is 1.88. The van der Waals surface area contributed by atoms with Crippen molar-refractivity contribution in [3.63, 3.8) is 0 Å². The fourth-order valence-electron chi connectivity index (χ4n) is 2.30. The minimum atomic E-state index is 0.574. The van der Waals surface area contributed by atoms with E-state index in [1.165, 1.54) is 38.1 Å². The van der Waals surface area contributed by atoms with Gasteiger partial charge in [0, 0.05) is 18.3 Å². The van der Waals surface area contributed by atoms with Crippen molar-refractivity contribution in [2.45, 2.75) is 39.2 Å². The molecule has 2 rings (SSSR count). The molecular formula is C13H25N3S. The van der Waals surface area contributed by atoms with Crippen LogP contribution in [0.15, 0.2) is 4.99 Å². The van der Waals surface area contributed by atoms with Crippen molar-refractivity contribution in [2.75, 3.05) is 31.9 Å². The Kier molecular flexibility index (Phi) is 5.16. The minimum absolute atomic E-state index is 0.574. The van der Waals surface area contributed by atoms with E-state index < -0.39 is 0 Å². The largest absolute Gasteiger partial charge is 0.362 e. The third kappa shape index (κ3) is 4.18. The maximum Gasteiger partial charge on any atom is 0.156 e. The number of hydrogen-bond acceptors (Lipinski definition) is 3. The highest BCUT2D eigenvalue weighted by atomic mass is 32.2. The molecule has 0 aliphatic carbocycles. The zero-order chi connectivity index (χ0) is 12.1. The molecule has 98 valence electrons. The lowest BCUT2D eigenvalue weighted by molar-refractivity contribution is 0.235. The van der Waals surface area contributed by atoms with E-state index >= 15 is 0 Å². The smallest absolute Gasteiger partial charge is 0.156 e. The highest BCUT2D eigenvalue weighted by Crippen LogP contribution is 2.19. The van der Waals surface area contributed by atoms with Gasteiger partial charge in [0.05, 0.1) is 6.54 Å². The predicted octanol–water partition coefficient (Wildman–Crippen LogP) is 2.19. The molecule has 4 heteroatoms. The van der Waals surface area contributed by atoms with E-state index in [1.54, 1.807) is 0 Å². The second-order valence-corrected chi connectivity index (χ2v) is 6.32. The number of nitrogens with zero attached hydrogens (tertiary/aromatic N) is 2. The lowest BCUT2D eigenvalue weighted by Gasteiger charge is -2.29. The van der Waals surface area contributed by atoms with E-state index in [0.717, 1.165) is 24.2 Å². The van der Waals surface area contributed by atoms with Gasteiger partial charge < -0.3 is 10.2 Å². The van der Waals surface area contributed by atoms with Gasteiger partial charge in [-0.25, -0.2) is 0 Å². The molecule has 2 fully saturated rings. The molecular weight excluding hydrogens is 230 g/mol. The van der Waals surface area contributed by atoms with Crippen LogP contribution in [0.3, 0.4) is 0 Å². The molecule has 0 spiro atoms. The summed E-state index contributed by atoms with van der Waals surface area (Å²) in [5, 5.41) is 4.66. The van der Waals surface area contributed by atoms with Crippen molar-refractivity contribution in [3.05, 3.63) is 0 Å². The van der Waals surface area contributed by atoms with Gasteiger partial charge in [0.15, 0.2) is 5.17 Å². The molecule has 17 heavy (non-hydrogen) atoms. The average Bonchev–Trinajstić information content (AvgIpc) is 2.35. The molecule has 0 aromatic heterocycles. The van der Waals surface area contributed by atoms with E-state index in [1.807, 2.05) is 11.8 Å². The Morgan fingerprint density at radius 3 is 2.76 bits per heavy atom. The third-order valence-corrected chi connectivity index (χ3v) is 5.02. The van der Waals surface area contributed by atoms with Gasteiger partial charge in [-0.2, -0.15) is 0 Å². The van der Waals surface area contributed by atoms with Gasteiger partial charge in [0.1, 0.15) is 0 Å². The van der Waals surface area contributed by atoms with Crippen LogP contribution in [0.5, 0.6) is 0 Å². The van der Waals surface area contributed by atoms with Crippen LogP contribution in [0.1, 0.15) is 33.1 Å². The summed E-state index contributed by atoms with van der Waals surface area (Å²) < 4.78 is 0. The number of amidine groups is 1. The monoisotopic (exact) mass is 255 g/mol. The molecule has 0 saturated carbocycles. The van der Waals surface area contributed by atoms with E-state index in [4.69, 9.17) is 0 Å². The molecule has 2 aliphatic heterocycles. The van der Waals surface area contributed by atoms with Crippen LogP contribution in [0.2, 0.25) is 0 Å². The number of thioether (sulfide) groups is 1. The van der Waals surface area contributed by atoms with Crippen LogP contribution in [-0.2, 0) is 0 Å². The van der Waals surface area contributed by atoms with Crippen LogP contribution in [0.25, 0.3) is 0 Å². The molecule has 1 N–H and O–H groups in total. The van der Waals surface area contributed by atoms with Gasteiger partial charge in [0.2, 0.25) is 0 Å². The molecule has 2 saturated heterocycles. The Bertz CT molecular complexity index is 261. The first-order valence-corrected chi connectivity index (χ1v) is 7.90. The Labute approximate surface area is 109 Å². The van der Waals surface area contributed by atoms with Crippen LogP contribution < -0.4 is 5.32 Å². The zero-order valence-electron chi connectivity index (χ0n) is 11.1. The molecule has 3 nitrogen and oxygen atoms in total. The number of hydrogen-bond donors (Lipinski definition) is 1. The minimum Gasteiger partial charge on any atom is -0.362 e. The molecule has 0 bridgehead atoms. The summed E-state index contributed by atoms with van der Waals surface area (Å²) in [7, 11) is 0. The Morgan fingerprint density at radius 2 is 2.06 bits per heavy atom. The highest BCUT2D eigenvalue weighted by molar-refractivity contribution is 8.13. The SMILES string of the molecule is CC1CSC(=NCCN2CCCCC2)NC1C. The molecule has 2 atom stereocenters. The number of aliphatic imine (C=N–C) groups is 1. The second-order valence-electron chi connectivity index (χ2n) is 5.31. The third-order valence-electron chi connectivity index (χ3n) is 3.81. The Balaban J connectivity index is 1.69. The van der Waals surface area contributed by atoms with Crippen LogP contribution in [-0.4, -0.2) is 48.0 Å². The lowest BCUT2D eigenvalue weighted by atomic mass is 10.1. The summed E-state index contributed by atoms with van der Waals surface area (Å²) in [4.78, 5) is 7.24. The van der Waals surface area contributed by atoms with Crippen LogP contribution in [0.4, 0.5) is 0 Å². The van der Waals surface area contributed by atoms with Crippen molar-refractivity contribution in [1.82, 2.24) is 10.2 Å². The summed E-state index contributed by atoms with van der Waals surface area (Å²) in [6, 6.07) is 0.574. The van der Waals surface area contributed by atoms with Crippen LogP contribution >= 0.6 is 11.8 Å². The predicted molar refractivity (Wildman–Crippen MR) is 76.8 cm³/mol. The Morgan fingerprint density at radius 1 is 1.29 bits per heavy atom. The molecule has 2 heterocycles. The van der Waals surface area contributed by atoms with E-state index in [2.05, 4.69) is 29.1 Å². The normalized spacial score (nSPS) is 33.6. The van der Waals surface area contributed by atoms with E-state index in [0.29, 0.717) is 6.04 Å². The quantitative estimate of drug-likeness (QED) is 0.838. The van der Waals surface area contributed by atoms with E-state index in [-0.39, 0.29) is 0 Å². The molecule has 2 aliphatic rings. The maximum absolute atomic E-state index is 4.69. The van der Waals surface area contributed by atoms with Gasteiger partial charge in [-0.15, -0.1) is 0 Å². The van der Waals surface area contributed by atoms with Gasteiger partial charge in [0.25, 0.3) is 0 Å². The van der Waals surface area contributed by atoms with E-state index in [9.17, 15) is 0 Å². The maximum atomic E-state index is 4.69. The summed E-state index contributed by atoms with van der Waals surface area (Å²) in [5.41, 5.74) is 0. The molecule has 0 radical (unpaired) electrons. The fourth-order valence-corrected chi connectivity index (χ4v) is 3.46. The first kappa shape index (κ1) is 13.2. The summed E-state index contributed by atoms with van der Waals surface area (Å²) in [5.74, 6) is 1.96. The molecule has 0 aromatic carbocycles. The Hall–Kier alpha value is -0.220. The fraction of sp³-hybridized carbons (Fsp3) is 0.923. The number of likely N-dealkylation sites (tertiary alicyclic amines) is 1. The van der Waals surface area contributed by atoms with Gasteiger partial charge in [-0.05, 0) is 38.8 Å². The van der Waals surface area contributed by atoms with Crippen molar-refractivity contribution in [3.8, 4) is 0 Å². The van der Waals surface area contributed by atoms with Gasteiger partial charge in [-0.1, -0.05) is 25.1 Å². The average molecular weight is 255 g/mol. The van der Waals surface area contributed by atoms with Crippen molar-refractivity contribution in [1.29, 1.82) is 0 Å². The van der Waals surface area contributed by atoms with Crippen LogP contribution in [0, 0.1) is 5.92 Å². The van der Waals surface area contributed by atoms with Crippen molar-refractivity contribution < 1.29 is 0 Å². The topological polar surface area (TPSA) is 27.6 Å². The number of rotatable bonds is 3. The number of piperidine rings is 1. The van der Waals surface area contributed by atoms with Gasteiger partial charge >= 0.3 is 0 Å². The highest BCUT2D eigenvalue weighted by Gasteiger charge is 2.20. The molecule has 2 unspecified atom stereocenters. The lowest BCUT2D eigenvalue weighted by Crippen LogP contribution is -2.41. The summed E-state index contributed by atoms with van der Waals surface area (Å²) in [6.07, 6.45) is 4.16. The second kappa shape index (κ2) is 6.64. The first-order valence-electron chi connectivity index (χ1n) is 6.92. The summed E-state index contributed by atoms with van der Waals surface area (Å²) in [6.45, 7) is 9.20. The van der Waals surface area contributed by atoms with Crippen molar-refractivity contribution >= 4 is 16.9 Å². The molecule has 0 amide bonds. The number of nitrogens with one attached hydrogen (secondary N) is 1. The first-order chi connectivity index (χ1) is 8.25. The molecule has 0 aromatic rings. The standard InChI is InChI=1S/C13H25N3S/c1-11-10-17-13(15-12(11)2)14-6-9-16-7-4-3-5-8-16/h11-12H,3-10H2,1-2H3,(H,14,15).